The molecular weight excluding hydrogens is 823 g/mol. The molecule has 5 aromatic heterocycles. The molecule has 8 heteroatoms. The Labute approximate surface area is 382 Å². The summed E-state index contributed by atoms with van der Waals surface area (Å²) in [6.07, 6.45) is 0. The molecule has 67 heavy (non-hydrogen) atoms. The molecule has 0 atom stereocenters. The first-order valence-electron chi connectivity index (χ1n) is 22.3. The van der Waals surface area contributed by atoms with E-state index in [1.54, 1.807) is 0 Å². The predicted molar refractivity (Wildman–Crippen MR) is 271 cm³/mol. The van der Waals surface area contributed by atoms with Gasteiger partial charge in [0.05, 0.1) is 44.5 Å². The molecule has 0 saturated heterocycles. The first kappa shape index (κ1) is 37.1. The van der Waals surface area contributed by atoms with E-state index in [1.807, 2.05) is 78.9 Å². The molecule has 0 bridgehead atoms. The van der Waals surface area contributed by atoms with E-state index in [4.69, 9.17) is 29.3 Å². The highest BCUT2D eigenvalue weighted by Crippen LogP contribution is 2.41. The van der Waals surface area contributed by atoms with E-state index in [0.717, 1.165) is 110 Å². The second kappa shape index (κ2) is 14.6. The minimum Gasteiger partial charge on any atom is -0.436 e. The van der Waals surface area contributed by atoms with Gasteiger partial charge in [0.15, 0.2) is 5.58 Å². The van der Waals surface area contributed by atoms with E-state index in [2.05, 4.69) is 143 Å². The van der Waals surface area contributed by atoms with E-state index in [9.17, 15) is 0 Å². The molecule has 14 rings (SSSR count). The largest absolute Gasteiger partial charge is 0.436 e. The summed E-state index contributed by atoms with van der Waals surface area (Å²) in [7, 11) is 0. The van der Waals surface area contributed by atoms with Gasteiger partial charge in [0, 0.05) is 49.0 Å². The van der Waals surface area contributed by atoms with Crippen molar-refractivity contribution in [1.82, 2.24) is 34.1 Å². The molecule has 0 amide bonds. The SMILES string of the molecule is c1ccc(-c2nc3cc4c(cc3o2)c2cc(-c3ccc5c(c3)c3ccccc3n5-c3nc(-c5ccccc5)c5ccccc5n3)ccc2n4-c2nc(-c3ccccc3)c3ccccc3n2)cc1. The van der Waals surface area contributed by atoms with Crippen LogP contribution in [0.3, 0.4) is 0 Å². The highest BCUT2D eigenvalue weighted by Gasteiger charge is 2.22. The minimum atomic E-state index is 0.575. The summed E-state index contributed by atoms with van der Waals surface area (Å²) < 4.78 is 10.9. The van der Waals surface area contributed by atoms with Gasteiger partial charge in [0.1, 0.15) is 5.52 Å². The van der Waals surface area contributed by atoms with Gasteiger partial charge in [-0.3, -0.25) is 9.13 Å². The lowest BCUT2D eigenvalue weighted by atomic mass is 10.0. The Morgan fingerprint density at radius 3 is 1.31 bits per heavy atom. The number of nitrogens with zero attached hydrogens (tertiary/aromatic N) is 7. The normalized spacial score (nSPS) is 11.9. The third-order valence-electron chi connectivity index (χ3n) is 13.0. The molecule has 0 N–H and O–H groups in total. The summed E-state index contributed by atoms with van der Waals surface area (Å²) in [6, 6.07) is 73.3. The molecule has 0 unspecified atom stereocenters. The van der Waals surface area contributed by atoms with Crippen molar-refractivity contribution in [3.63, 3.8) is 0 Å². The summed E-state index contributed by atoms with van der Waals surface area (Å²) in [4.78, 5) is 26.1. The molecule has 0 saturated carbocycles. The van der Waals surface area contributed by atoms with Gasteiger partial charge in [0.2, 0.25) is 17.8 Å². The van der Waals surface area contributed by atoms with Crippen molar-refractivity contribution in [2.45, 2.75) is 0 Å². The number of rotatable bonds is 6. The molecular formula is C59H35N7O. The topological polar surface area (TPSA) is 87.5 Å². The molecule has 0 aliphatic heterocycles. The van der Waals surface area contributed by atoms with E-state index in [0.29, 0.717) is 23.4 Å². The standard InChI is InChI=1S/C59H35N7O/c1-4-16-36(17-5-1)55-42-23-10-13-25-47(42)61-58(63-55)65-50-27-15-12-22-41(50)44-32-39(28-30-51(44)65)40-29-31-52-45(33-40)46-34-54-49(60-57(67-54)38-20-8-3-9-21-38)35-53(46)66(52)59-62-48-26-14-11-24-43(48)56(64-59)37-18-6-2-7-19-37/h1-35H. The van der Waals surface area contributed by atoms with E-state index in [-0.39, 0.29) is 0 Å². The van der Waals surface area contributed by atoms with E-state index >= 15 is 0 Å². The zero-order valence-electron chi connectivity index (χ0n) is 35.7. The molecule has 14 aromatic rings. The van der Waals surface area contributed by atoms with Crippen LogP contribution in [0.4, 0.5) is 0 Å². The van der Waals surface area contributed by atoms with Gasteiger partial charge < -0.3 is 4.42 Å². The Balaban J connectivity index is 0.982. The van der Waals surface area contributed by atoms with Crippen LogP contribution in [0, 0.1) is 0 Å². The molecule has 0 spiro atoms. The Morgan fingerprint density at radius 2 is 0.731 bits per heavy atom. The molecule has 8 nitrogen and oxygen atoms in total. The Morgan fingerprint density at radius 1 is 0.284 bits per heavy atom. The number of fused-ring (bicyclic) bond motifs is 9. The lowest BCUT2D eigenvalue weighted by Gasteiger charge is -2.12. The van der Waals surface area contributed by atoms with Crippen molar-refractivity contribution in [3.8, 4) is 57.0 Å². The number of aromatic nitrogens is 7. The van der Waals surface area contributed by atoms with Crippen molar-refractivity contribution in [1.29, 1.82) is 0 Å². The number of oxazole rings is 1. The first-order valence-corrected chi connectivity index (χ1v) is 22.3. The average molecular weight is 858 g/mol. The van der Waals surface area contributed by atoms with Crippen molar-refractivity contribution < 1.29 is 4.42 Å². The predicted octanol–water partition coefficient (Wildman–Crippen LogP) is 14.6. The van der Waals surface area contributed by atoms with Crippen LogP contribution in [0.1, 0.15) is 0 Å². The Bertz CT molecular complexity index is 4270. The molecule has 0 aliphatic rings. The second-order valence-corrected chi connectivity index (χ2v) is 16.9. The monoisotopic (exact) mass is 857 g/mol. The fraction of sp³-hybridized carbons (Fsp3) is 0. The average Bonchev–Trinajstić information content (AvgIpc) is 4.07. The number of para-hydroxylation sites is 3. The molecule has 312 valence electrons. The Kier molecular flexibility index (Phi) is 8.11. The van der Waals surface area contributed by atoms with Crippen LogP contribution in [0.15, 0.2) is 217 Å². The zero-order chi connectivity index (χ0) is 44.0. The van der Waals surface area contributed by atoms with Crippen LogP contribution < -0.4 is 0 Å². The van der Waals surface area contributed by atoms with Gasteiger partial charge in [0.25, 0.3) is 0 Å². The van der Waals surface area contributed by atoms with Gasteiger partial charge in [-0.1, -0.05) is 146 Å². The van der Waals surface area contributed by atoms with Crippen molar-refractivity contribution >= 4 is 76.5 Å². The number of hydrogen-bond donors (Lipinski definition) is 0. The lowest BCUT2D eigenvalue weighted by Crippen LogP contribution is -2.03. The third-order valence-corrected chi connectivity index (χ3v) is 13.0. The highest BCUT2D eigenvalue weighted by atomic mass is 16.3. The highest BCUT2D eigenvalue weighted by molar-refractivity contribution is 6.15. The van der Waals surface area contributed by atoms with Gasteiger partial charge in [-0.2, -0.15) is 0 Å². The number of hydrogen-bond acceptors (Lipinski definition) is 6. The van der Waals surface area contributed by atoms with Crippen molar-refractivity contribution in [3.05, 3.63) is 212 Å². The van der Waals surface area contributed by atoms with Gasteiger partial charge in [-0.15, -0.1) is 0 Å². The molecule has 5 heterocycles. The summed E-state index contributed by atoms with van der Waals surface area (Å²) >= 11 is 0. The Hall–Kier alpha value is -9.27. The molecule has 0 aliphatic carbocycles. The maximum Gasteiger partial charge on any atom is 0.235 e. The maximum absolute atomic E-state index is 6.50. The smallest absolute Gasteiger partial charge is 0.235 e. The van der Waals surface area contributed by atoms with E-state index < -0.39 is 0 Å². The van der Waals surface area contributed by atoms with Gasteiger partial charge in [-0.05, 0) is 77.9 Å². The third kappa shape index (κ3) is 5.90. The van der Waals surface area contributed by atoms with Crippen LogP contribution >= 0.6 is 0 Å². The van der Waals surface area contributed by atoms with Gasteiger partial charge >= 0.3 is 0 Å². The van der Waals surface area contributed by atoms with Crippen LogP contribution in [-0.4, -0.2) is 34.1 Å². The molecule has 0 radical (unpaired) electrons. The van der Waals surface area contributed by atoms with Gasteiger partial charge in [-0.25, -0.2) is 24.9 Å². The quantitative estimate of drug-likeness (QED) is 0.165. The van der Waals surface area contributed by atoms with E-state index in [1.165, 1.54) is 0 Å². The zero-order valence-corrected chi connectivity index (χ0v) is 35.7. The summed E-state index contributed by atoms with van der Waals surface area (Å²) in [5.74, 6) is 1.79. The van der Waals surface area contributed by atoms with Crippen LogP contribution in [0.5, 0.6) is 0 Å². The first-order chi connectivity index (χ1) is 33.2. The van der Waals surface area contributed by atoms with Crippen molar-refractivity contribution in [2.75, 3.05) is 0 Å². The summed E-state index contributed by atoms with van der Waals surface area (Å²) in [5.41, 5.74) is 14.1. The van der Waals surface area contributed by atoms with Crippen LogP contribution in [0.25, 0.3) is 134 Å². The molecule has 9 aromatic carbocycles. The maximum atomic E-state index is 6.50. The minimum absolute atomic E-state index is 0.575. The van der Waals surface area contributed by atoms with Crippen molar-refractivity contribution in [2.24, 2.45) is 0 Å². The number of benzene rings is 9. The fourth-order valence-electron chi connectivity index (χ4n) is 9.87. The fourth-order valence-corrected chi connectivity index (χ4v) is 9.87. The second-order valence-electron chi connectivity index (χ2n) is 16.9. The molecule has 0 fully saturated rings. The lowest BCUT2D eigenvalue weighted by molar-refractivity contribution is 0.620. The summed E-state index contributed by atoms with van der Waals surface area (Å²) in [5, 5.41) is 6.31. The van der Waals surface area contributed by atoms with Crippen LogP contribution in [0.2, 0.25) is 0 Å². The summed E-state index contributed by atoms with van der Waals surface area (Å²) in [6.45, 7) is 0. The van der Waals surface area contributed by atoms with Crippen LogP contribution in [-0.2, 0) is 0 Å².